The van der Waals surface area contributed by atoms with Gasteiger partial charge < -0.3 is 5.73 Å². The summed E-state index contributed by atoms with van der Waals surface area (Å²) < 4.78 is 0. The molecule has 0 unspecified atom stereocenters. The Morgan fingerprint density at radius 1 is 1.06 bits per heavy atom. The predicted molar refractivity (Wildman–Crippen MR) is 78.0 cm³/mol. The van der Waals surface area contributed by atoms with Gasteiger partial charge in [-0.25, -0.2) is 4.99 Å². The second-order valence-electron chi connectivity index (χ2n) is 3.96. The number of halogens is 2. The van der Waals surface area contributed by atoms with Crippen molar-refractivity contribution < 1.29 is 0 Å². The van der Waals surface area contributed by atoms with Crippen molar-refractivity contribution in [3.63, 3.8) is 0 Å². The van der Waals surface area contributed by atoms with Crippen LogP contribution in [0.4, 0.5) is 5.69 Å². The molecule has 0 saturated carbocycles. The van der Waals surface area contributed by atoms with E-state index in [0.29, 0.717) is 21.4 Å². The first-order valence-electron chi connectivity index (χ1n) is 5.42. The van der Waals surface area contributed by atoms with E-state index >= 15 is 0 Å². The van der Waals surface area contributed by atoms with Crippen LogP contribution in [0.2, 0.25) is 10.0 Å². The molecule has 2 nitrogen and oxygen atoms in total. The highest BCUT2D eigenvalue weighted by Gasteiger charge is 2.05. The highest BCUT2D eigenvalue weighted by atomic mass is 35.5. The molecule has 0 atom stereocenters. The van der Waals surface area contributed by atoms with E-state index in [-0.39, 0.29) is 0 Å². The minimum absolute atomic E-state index is 0.375. The van der Waals surface area contributed by atoms with Gasteiger partial charge in [-0.1, -0.05) is 40.9 Å². The molecular weight excluding hydrogens is 267 g/mol. The Bertz CT molecular complexity index is 589. The third-order valence-electron chi connectivity index (χ3n) is 2.49. The highest BCUT2D eigenvalue weighted by Crippen LogP contribution is 2.22. The van der Waals surface area contributed by atoms with Crippen LogP contribution in [-0.2, 0) is 0 Å². The summed E-state index contributed by atoms with van der Waals surface area (Å²) in [5.74, 6) is 0.375. The number of hydrogen-bond acceptors (Lipinski definition) is 1. The summed E-state index contributed by atoms with van der Waals surface area (Å²) in [5, 5.41) is 1.07. The summed E-state index contributed by atoms with van der Waals surface area (Å²) in [5.41, 5.74) is 8.59. The van der Waals surface area contributed by atoms with Crippen molar-refractivity contribution in [2.24, 2.45) is 10.7 Å². The van der Waals surface area contributed by atoms with Crippen molar-refractivity contribution in [2.75, 3.05) is 0 Å². The summed E-state index contributed by atoms with van der Waals surface area (Å²) in [4.78, 5) is 4.33. The Morgan fingerprint density at radius 2 is 1.72 bits per heavy atom. The van der Waals surface area contributed by atoms with Crippen molar-refractivity contribution in [1.29, 1.82) is 0 Å². The molecule has 0 bridgehead atoms. The molecule has 0 spiro atoms. The second-order valence-corrected chi connectivity index (χ2v) is 4.80. The minimum Gasteiger partial charge on any atom is -0.383 e. The Balaban J connectivity index is 2.35. The maximum Gasteiger partial charge on any atom is 0.132 e. The fraction of sp³-hybridized carbons (Fsp3) is 0.0714. The van der Waals surface area contributed by atoms with Gasteiger partial charge in [0.1, 0.15) is 5.84 Å². The normalized spacial score (nSPS) is 11.6. The average Bonchev–Trinajstić information content (AvgIpc) is 2.32. The molecule has 0 saturated heterocycles. The van der Waals surface area contributed by atoms with Crippen LogP contribution in [0.3, 0.4) is 0 Å². The first-order valence-corrected chi connectivity index (χ1v) is 6.18. The van der Waals surface area contributed by atoms with Crippen LogP contribution < -0.4 is 5.73 Å². The highest BCUT2D eigenvalue weighted by molar-refractivity contribution is 6.36. The standard InChI is InChI=1S/C14H12Cl2N2/c1-9-2-5-11(6-3-9)18-14(17)12-7-4-10(15)8-13(12)16/h2-8H,1H3,(H2,17,18). The Kier molecular flexibility index (Phi) is 3.90. The van der Waals surface area contributed by atoms with Crippen LogP contribution >= 0.6 is 23.2 Å². The zero-order valence-electron chi connectivity index (χ0n) is 9.82. The molecule has 4 heteroatoms. The topological polar surface area (TPSA) is 38.4 Å². The van der Waals surface area contributed by atoms with Gasteiger partial charge in [0.2, 0.25) is 0 Å². The van der Waals surface area contributed by atoms with Gasteiger partial charge in [0.15, 0.2) is 0 Å². The summed E-state index contributed by atoms with van der Waals surface area (Å²) >= 11 is 11.9. The Labute approximate surface area is 116 Å². The number of amidine groups is 1. The first kappa shape index (κ1) is 12.9. The molecule has 0 amide bonds. The lowest BCUT2D eigenvalue weighted by Crippen LogP contribution is -2.13. The molecule has 0 fully saturated rings. The fourth-order valence-electron chi connectivity index (χ4n) is 1.52. The van der Waals surface area contributed by atoms with Gasteiger partial charge in [-0.2, -0.15) is 0 Å². The van der Waals surface area contributed by atoms with E-state index in [9.17, 15) is 0 Å². The molecule has 92 valence electrons. The van der Waals surface area contributed by atoms with Crippen molar-refractivity contribution in [1.82, 2.24) is 0 Å². The molecule has 0 radical (unpaired) electrons. The van der Waals surface area contributed by atoms with E-state index in [0.717, 1.165) is 5.69 Å². The zero-order valence-corrected chi connectivity index (χ0v) is 11.3. The maximum absolute atomic E-state index is 6.07. The molecule has 0 aliphatic carbocycles. The monoisotopic (exact) mass is 278 g/mol. The van der Waals surface area contributed by atoms with E-state index in [1.807, 2.05) is 31.2 Å². The van der Waals surface area contributed by atoms with Gasteiger partial charge in [0.25, 0.3) is 0 Å². The van der Waals surface area contributed by atoms with Crippen molar-refractivity contribution in [3.8, 4) is 0 Å². The predicted octanol–water partition coefficient (Wildman–Crippen LogP) is 4.34. The number of benzene rings is 2. The summed E-state index contributed by atoms with van der Waals surface area (Å²) in [7, 11) is 0. The molecule has 0 aliphatic rings. The SMILES string of the molecule is Cc1ccc(N=C(N)c2ccc(Cl)cc2Cl)cc1. The molecule has 0 aliphatic heterocycles. The smallest absolute Gasteiger partial charge is 0.132 e. The lowest BCUT2D eigenvalue weighted by molar-refractivity contribution is 1.41. The lowest BCUT2D eigenvalue weighted by Gasteiger charge is -2.04. The third kappa shape index (κ3) is 3.03. The number of hydrogen-bond donors (Lipinski definition) is 1. The quantitative estimate of drug-likeness (QED) is 0.644. The second kappa shape index (κ2) is 5.42. The summed E-state index contributed by atoms with van der Waals surface area (Å²) in [6, 6.07) is 12.9. The van der Waals surface area contributed by atoms with Gasteiger partial charge in [-0.05, 0) is 37.3 Å². The summed E-state index contributed by atoms with van der Waals surface area (Å²) in [6.45, 7) is 2.02. The molecule has 0 aromatic heterocycles. The van der Waals surface area contributed by atoms with Gasteiger partial charge >= 0.3 is 0 Å². The van der Waals surface area contributed by atoms with E-state index < -0.39 is 0 Å². The Hall–Kier alpha value is -1.51. The van der Waals surface area contributed by atoms with E-state index in [1.165, 1.54) is 5.56 Å². The number of aliphatic imine (C=N–C) groups is 1. The summed E-state index contributed by atoms with van der Waals surface area (Å²) in [6.07, 6.45) is 0. The maximum atomic E-state index is 6.07. The van der Waals surface area contributed by atoms with Crippen LogP contribution in [0.1, 0.15) is 11.1 Å². The van der Waals surface area contributed by atoms with Crippen molar-refractivity contribution in [2.45, 2.75) is 6.92 Å². The lowest BCUT2D eigenvalue weighted by atomic mass is 10.2. The average molecular weight is 279 g/mol. The number of aryl methyl sites for hydroxylation is 1. The van der Waals surface area contributed by atoms with Crippen molar-refractivity contribution in [3.05, 3.63) is 63.6 Å². The third-order valence-corrected chi connectivity index (χ3v) is 3.04. The van der Waals surface area contributed by atoms with Gasteiger partial charge in [0, 0.05) is 10.6 Å². The van der Waals surface area contributed by atoms with E-state index in [2.05, 4.69) is 4.99 Å². The van der Waals surface area contributed by atoms with E-state index in [4.69, 9.17) is 28.9 Å². The van der Waals surface area contributed by atoms with Gasteiger partial charge in [-0.3, -0.25) is 0 Å². The van der Waals surface area contributed by atoms with E-state index in [1.54, 1.807) is 18.2 Å². The number of nitrogens with two attached hydrogens (primary N) is 1. The minimum atomic E-state index is 0.375. The van der Waals surface area contributed by atoms with Crippen LogP contribution in [-0.4, -0.2) is 5.84 Å². The molecular formula is C14H12Cl2N2. The molecule has 0 heterocycles. The Morgan fingerprint density at radius 3 is 2.33 bits per heavy atom. The van der Waals surface area contributed by atoms with Crippen molar-refractivity contribution >= 4 is 34.7 Å². The molecule has 2 N–H and O–H groups in total. The molecule has 18 heavy (non-hydrogen) atoms. The fourth-order valence-corrected chi connectivity index (χ4v) is 2.02. The van der Waals surface area contributed by atoms with Crippen LogP contribution in [0.25, 0.3) is 0 Å². The van der Waals surface area contributed by atoms with Crippen LogP contribution in [0.5, 0.6) is 0 Å². The number of rotatable bonds is 2. The first-order chi connectivity index (χ1) is 8.56. The zero-order chi connectivity index (χ0) is 13.1. The van der Waals surface area contributed by atoms with Crippen LogP contribution in [0.15, 0.2) is 47.5 Å². The van der Waals surface area contributed by atoms with Gasteiger partial charge in [-0.15, -0.1) is 0 Å². The molecule has 2 rings (SSSR count). The molecule has 2 aromatic rings. The van der Waals surface area contributed by atoms with Gasteiger partial charge in [0.05, 0.1) is 10.7 Å². The largest absolute Gasteiger partial charge is 0.383 e. The molecule has 2 aromatic carbocycles. The van der Waals surface area contributed by atoms with Crippen LogP contribution in [0, 0.1) is 6.92 Å². The number of nitrogens with zero attached hydrogens (tertiary/aromatic N) is 1.